The number of amides is 1. The number of hydrogen-bond donors (Lipinski definition) is 1. The average molecular weight is 333 g/mol. The molecule has 24 heavy (non-hydrogen) atoms. The van der Waals surface area contributed by atoms with Gasteiger partial charge in [-0.1, -0.05) is 6.07 Å². The number of pyridine rings is 1. The van der Waals surface area contributed by atoms with Gasteiger partial charge in [0.15, 0.2) is 0 Å². The van der Waals surface area contributed by atoms with Crippen molar-refractivity contribution in [1.82, 2.24) is 15.2 Å². The van der Waals surface area contributed by atoms with Gasteiger partial charge in [0.2, 0.25) is 0 Å². The Kier molecular flexibility index (Phi) is 6.21. The predicted molar refractivity (Wildman–Crippen MR) is 95.9 cm³/mol. The molecule has 5 heteroatoms. The Balaban J connectivity index is 1.74. The molecule has 0 spiro atoms. The fraction of sp³-hybridized carbons (Fsp3) is 0.684. The molecule has 5 nitrogen and oxygen atoms in total. The molecule has 2 rings (SSSR count). The van der Waals surface area contributed by atoms with Gasteiger partial charge in [-0.05, 0) is 65.0 Å². The molecular formula is C19H31N3O2. The first-order valence-corrected chi connectivity index (χ1v) is 8.85. The third kappa shape index (κ3) is 5.78. The Morgan fingerprint density at radius 1 is 1.29 bits per heavy atom. The Labute approximate surface area is 145 Å². The summed E-state index contributed by atoms with van der Waals surface area (Å²) >= 11 is 0. The summed E-state index contributed by atoms with van der Waals surface area (Å²) in [5.74, 6) is 0. The Morgan fingerprint density at radius 3 is 2.50 bits per heavy atom. The van der Waals surface area contributed by atoms with Gasteiger partial charge in [0, 0.05) is 37.6 Å². The topological polar surface area (TPSA) is 54.5 Å². The molecule has 0 unspecified atom stereocenters. The number of nitrogens with zero attached hydrogens (tertiary/aromatic N) is 2. The second-order valence-corrected chi connectivity index (χ2v) is 7.79. The van der Waals surface area contributed by atoms with E-state index < -0.39 is 5.60 Å². The minimum Gasteiger partial charge on any atom is -0.444 e. The van der Waals surface area contributed by atoms with Crippen LogP contribution < -0.4 is 5.32 Å². The molecular weight excluding hydrogens is 302 g/mol. The number of carbonyl (C=O) groups excluding carboxylic acids is 1. The molecule has 0 atom stereocenters. The lowest BCUT2D eigenvalue weighted by Crippen LogP contribution is -2.44. The van der Waals surface area contributed by atoms with Crippen LogP contribution in [0.5, 0.6) is 0 Å². The van der Waals surface area contributed by atoms with Crippen molar-refractivity contribution >= 4 is 6.09 Å². The lowest BCUT2D eigenvalue weighted by Gasteiger charge is -2.35. The van der Waals surface area contributed by atoms with Gasteiger partial charge in [0.05, 0.1) is 0 Å². The fourth-order valence-electron chi connectivity index (χ4n) is 3.02. The minimum absolute atomic E-state index is 0.218. The SMILES string of the molecule is Cc1ccc(CNC2CCC(N(C)C(=O)OC(C)(C)C)CC2)cn1. The normalized spacial score (nSPS) is 21.4. The molecule has 0 aromatic carbocycles. The molecule has 1 saturated carbocycles. The van der Waals surface area contributed by atoms with Gasteiger partial charge < -0.3 is 15.0 Å². The average Bonchev–Trinajstić information content (AvgIpc) is 2.52. The fourth-order valence-corrected chi connectivity index (χ4v) is 3.02. The van der Waals surface area contributed by atoms with Crippen molar-refractivity contribution < 1.29 is 9.53 Å². The van der Waals surface area contributed by atoms with Crippen LogP contribution in [0.15, 0.2) is 18.3 Å². The summed E-state index contributed by atoms with van der Waals surface area (Å²) in [5.41, 5.74) is 1.82. The minimum atomic E-state index is -0.438. The highest BCUT2D eigenvalue weighted by atomic mass is 16.6. The Morgan fingerprint density at radius 2 is 1.96 bits per heavy atom. The van der Waals surface area contributed by atoms with Crippen molar-refractivity contribution in [3.05, 3.63) is 29.6 Å². The van der Waals surface area contributed by atoms with E-state index in [0.29, 0.717) is 6.04 Å². The van der Waals surface area contributed by atoms with Gasteiger partial charge in [-0.2, -0.15) is 0 Å². The van der Waals surface area contributed by atoms with Crippen LogP contribution >= 0.6 is 0 Å². The summed E-state index contributed by atoms with van der Waals surface area (Å²) in [7, 11) is 1.85. The molecule has 0 bridgehead atoms. The molecule has 0 radical (unpaired) electrons. The van der Waals surface area contributed by atoms with Crippen LogP contribution in [0.25, 0.3) is 0 Å². The third-order valence-corrected chi connectivity index (χ3v) is 4.49. The molecule has 1 heterocycles. The highest BCUT2D eigenvalue weighted by Crippen LogP contribution is 2.24. The van der Waals surface area contributed by atoms with Crippen LogP contribution in [-0.4, -0.2) is 40.7 Å². The van der Waals surface area contributed by atoms with E-state index in [-0.39, 0.29) is 12.1 Å². The highest BCUT2D eigenvalue weighted by molar-refractivity contribution is 5.68. The second-order valence-electron chi connectivity index (χ2n) is 7.79. The van der Waals surface area contributed by atoms with E-state index in [1.807, 2.05) is 47.0 Å². The quantitative estimate of drug-likeness (QED) is 0.913. The van der Waals surface area contributed by atoms with Gasteiger partial charge in [-0.15, -0.1) is 0 Å². The van der Waals surface area contributed by atoms with E-state index in [2.05, 4.69) is 16.4 Å². The lowest BCUT2D eigenvalue weighted by molar-refractivity contribution is 0.0179. The first kappa shape index (κ1) is 18.7. The van der Waals surface area contributed by atoms with Crippen LogP contribution in [0.3, 0.4) is 0 Å². The first-order valence-electron chi connectivity index (χ1n) is 8.85. The zero-order chi connectivity index (χ0) is 17.7. The standard InChI is InChI=1S/C19H31N3O2/c1-14-6-7-15(12-20-14)13-21-16-8-10-17(11-9-16)22(5)18(23)24-19(2,3)4/h6-7,12,16-17,21H,8-11,13H2,1-5H3. The number of rotatable bonds is 4. The summed E-state index contributed by atoms with van der Waals surface area (Å²) in [5, 5.41) is 3.61. The van der Waals surface area contributed by atoms with E-state index >= 15 is 0 Å². The molecule has 1 fully saturated rings. The maximum atomic E-state index is 12.2. The Hall–Kier alpha value is -1.62. The van der Waals surface area contributed by atoms with E-state index in [9.17, 15) is 4.79 Å². The summed E-state index contributed by atoms with van der Waals surface area (Å²) in [6.07, 6.45) is 5.90. The van der Waals surface area contributed by atoms with Crippen LogP contribution in [0.2, 0.25) is 0 Å². The van der Waals surface area contributed by atoms with Crippen molar-refractivity contribution in [3.8, 4) is 0 Å². The smallest absolute Gasteiger partial charge is 0.410 e. The maximum absolute atomic E-state index is 12.2. The number of carbonyl (C=O) groups is 1. The molecule has 1 aromatic heterocycles. The van der Waals surface area contributed by atoms with E-state index in [1.54, 1.807) is 4.90 Å². The van der Waals surface area contributed by atoms with Gasteiger partial charge in [-0.25, -0.2) is 4.79 Å². The number of nitrogens with one attached hydrogen (secondary N) is 1. The molecule has 0 saturated heterocycles. The molecule has 134 valence electrons. The molecule has 1 N–H and O–H groups in total. The van der Waals surface area contributed by atoms with Crippen LogP contribution in [0.1, 0.15) is 57.7 Å². The van der Waals surface area contributed by atoms with Crippen molar-refractivity contribution in [2.24, 2.45) is 0 Å². The molecule has 1 amide bonds. The molecule has 1 aromatic rings. The van der Waals surface area contributed by atoms with E-state index in [0.717, 1.165) is 37.9 Å². The number of aromatic nitrogens is 1. The molecule has 1 aliphatic carbocycles. The number of hydrogen-bond acceptors (Lipinski definition) is 4. The zero-order valence-corrected chi connectivity index (χ0v) is 15.6. The predicted octanol–water partition coefficient (Wildman–Crippen LogP) is 3.66. The van der Waals surface area contributed by atoms with Crippen molar-refractivity contribution in [3.63, 3.8) is 0 Å². The van der Waals surface area contributed by atoms with Crippen molar-refractivity contribution in [2.75, 3.05) is 7.05 Å². The summed E-state index contributed by atoms with van der Waals surface area (Å²) in [4.78, 5) is 18.3. The van der Waals surface area contributed by atoms with Crippen molar-refractivity contribution in [2.45, 2.75) is 77.6 Å². The second kappa shape index (κ2) is 7.97. The number of aryl methyl sites for hydroxylation is 1. The van der Waals surface area contributed by atoms with Gasteiger partial charge in [-0.3, -0.25) is 4.98 Å². The summed E-state index contributed by atoms with van der Waals surface area (Å²) < 4.78 is 5.46. The van der Waals surface area contributed by atoms with Crippen molar-refractivity contribution in [1.29, 1.82) is 0 Å². The first-order chi connectivity index (χ1) is 11.2. The monoisotopic (exact) mass is 333 g/mol. The third-order valence-electron chi connectivity index (χ3n) is 4.49. The molecule has 0 aliphatic heterocycles. The number of ether oxygens (including phenoxy) is 1. The zero-order valence-electron chi connectivity index (χ0n) is 15.6. The molecule has 1 aliphatic rings. The van der Waals surface area contributed by atoms with E-state index in [1.165, 1.54) is 5.56 Å². The largest absolute Gasteiger partial charge is 0.444 e. The maximum Gasteiger partial charge on any atom is 0.410 e. The van der Waals surface area contributed by atoms with Crippen LogP contribution in [-0.2, 0) is 11.3 Å². The van der Waals surface area contributed by atoms with Crippen LogP contribution in [0.4, 0.5) is 4.79 Å². The van der Waals surface area contributed by atoms with Gasteiger partial charge in [0.25, 0.3) is 0 Å². The van der Waals surface area contributed by atoms with Gasteiger partial charge in [0.1, 0.15) is 5.60 Å². The lowest BCUT2D eigenvalue weighted by atomic mass is 9.90. The van der Waals surface area contributed by atoms with Crippen LogP contribution in [0, 0.1) is 6.92 Å². The van der Waals surface area contributed by atoms with Gasteiger partial charge >= 0.3 is 6.09 Å². The summed E-state index contributed by atoms with van der Waals surface area (Å²) in [6, 6.07) is 4.95. The van der Waals surface area contributed by atoms with E-state index in [4.69, 9.17) is 4.74 Å². The highest BCUT2D eigenvalue weighted by Gasteiger charge is 2.29. The summed E-state index contributed by atoms with van der Waals surface area (Å²) in [6.45, 7) is 8.56. The Bertz CT molecular complexity index is 529.